The van der Waals surface area contributed by atoms with Crippen molar-refractivity contribution < 1.29 is 19.8 Å². The van der Waals surface area contributed by atoms with Gasteiger partial charge in [0.15, 0.2) is 0 Å². The van der Waals surface area contributed by atoms with Gasteiger partial charge in [-0.3, -0.25) is 4.79 Å². The highest BCUT2D eigenvalue weighted by molar-refractivity contribution is 9.10. The van der Waals surface area contributed by atoms with Crippen LogP contribution in [-0.4, -0.2) is 34.7 Å². The molecule has 0 aromatic heterocycles. The average Bonchev–Trinajstić information content (AvgIpc) is 2.56. The van der Waals surface area contributed by atoms with Crippen LogP contribution in [0, 0.1) is 0 Å². The number of aromatic carboxylic acids is 1. The number of aliphatic hydroxyl groups excluding tert-OH is 1. The van der Waals surface area contributed by atoms with Crippen molar-refractivity contribution in [2.24, 2.45) is 0 Å². The van der Waals surface area contributed by atoms with Crippen molar-refractivity contribution in [3.63, 3.8) is 0 Å². The topological polar surface area (TPSA) is 77.8 Å². The van der Waals surface area contributed by atoms with Crippen molar-refractivity contribution in [2.75, 3.05) is 11.4 Å². The summed E-state index contributed by atoms with van der Waals surface area (Å²) in [5.41, 5.74) is 0.158. The number of carboxylic acids is 1. The van der Waals surface area contributed by atoms with Gasteiger partial charge in [0, 0.05) is 9.50 Å². The second-order valence-electron chi connectivity index (χ2n) is 3.95. The highest BCUT2D eigenvalue weighted by Gasteiger charge is 2.33. The molecule has 1 aromatic rings. The van der Waals surface area contributed by atoms with Crippen molar-refractivity contribution in [1.82, 2.24) is 0 Å². The lowest BCUT2D eigenvalue weighted by Gasteiger charge is -2.20. The Morgan fingerprint density at radius 2 is 2.17 bits per heavy atom. The van der Waals surface area contributed by atoms with Gasteiger partial charge in [0.1, 0.15) is 0 Å². The molecule has 1 aromatic carbocycles. The van der Waals surface area contributed by atoms with E-state index in [2.05, 4.69) is 15.9 Å². The summed E-state index contributed by atoms with van der Waals surface area (Å²) in [6, 6.07) is 2.79. The van der Waals surface area contributed by atoms with Gasteiger partial charge < -0.3 is 15.1 Å². The van der Waals surface area contributed by atoms with Crippen LogP contribution in [-0.2, 0) is 4.79 Å². The summed E-state index contributed by atoms with van der Waals surface area (Å²) in [6.45, 7) is 0.0827. The van der Waals surface area contributed by atoms with Gasteiger partial charge in [-0.1, -0.05) is 11.6 Å². The Kier molecular flexibility index (Phi) is 3.61. The van der Waals surface area contributed by atoms with Crippen LogP contribution >= 0.6 is 27.5 Å². The summed E-state index contributed by atoms with van der Waals surface area (Å²) in [7, 11) is 0. The minimum atomic E-state index is -1.18. The standard InChI is InChI=1S/C11H9BrClNO4/c12-8-2-5(13)1-7(11(17)18)10(8)14-4-6(15)3-9(14)16/h1-2,6,15H,3-4H2,(H,17,18). The molecular formula is C11H9BrClNO4. The van der Waals surface area contributed by atoms with Crippen molar-refractivity contribution in [2.45, 2.75) is 12.5 Å². The number of aliphatic hydroxyl groups is 1. The number of hydrogen-bond donors (Lipinski definition) is 2. The largest absolute Gasteiger partial charge is 0.478 e. The van der Waals surface area contributed by atoms with E-state index in [0.717, 1.165) is 0 Å². The van der Waals surface area contributed by atoms with E-state index < -0.39 is 12.1 Å². The van der Waals surface area contributed by atoms with Crippen LogP contribution in [0.1, 0.15) is 16.8 Å². The minimum absolute atomic E-state index is 0.00583. The van der Waals surface area contributed by atoms with E-state index in [1.165, 1.54) is 17.0 Å². The molecule has 0 bridgehead atoms. The molecule has 1 saturated heterocycles. The number of carbonyl (C=O) groups is 2. The average molecular weight is 335 g/mol. The Balaban J connectivity index is 2.56. The molecule has 0 radical (unpaired) electrons. The molecule has 0 saturated carbocycles. The summed E-state index contributed by atoms with van der Waals surface area (Å²) < 4.78 is 0.412. The maximum absolute atomic E-state index is 11.7. The van der Waals surface area contributed by atoms with Crippen LogP contribution in [0.4, 0.5) is 5.69 Å². The zero-order valence-corrected chi connectivity index (χ0v) is 11.4. The maximum Gasteiger partial charge on any atom is 0.337 e. The molecule has 0 aliphatic carbocycles. The number of hydrogen-bond acceptors (Lipinski definition) is 3. The third-order valence-corrected chi connectivity index (χ3v) is 3.46. The van der Waals surface area contributed by atoms with Crippen LogP contribution in [0.25, 0.3) is 0 Å². The predicted octanol–water partition coefficient (Wildman–Crippen LogP) is 1.90. The van der Waals surface area contributed by atoms with E-state index in [-0.39, 0.29) is 35.1 Å². The molecule has 1 unspecified atom stereocenters. The molecule has 2 rings (SSSR count). The van der Waals surface area contributed by atoms with Crippen LogP contribution in [0.2, 0.25) is 5.02 Å². The Hall–Kier alpha value is -1.11. The Labute approximate surface area is 116 Å². The molecule has 18 heavy (non-hydrogen) atoms. The van der Waals surface area contributed by atoms with Crippen molar-refractivity contribution in [3.8, 4) is 0 Å². The van der Waals surface area contributed by atoms with E-state index in [9.17, 15) is 14.7 Å². The number of amides is 1. The van der Waals surface area contributed by atoms with E-state index in [0.29, 0.717) is 4.47 Å². The van der Waals surface area contributed by atoms with Crippen molar-refractivity contribution in [3.05, 3.63) is 27.2 Å². The fourth-order valence-corrected chi connectivity index (χ4v) is 2.93. The van der Waals surface area contributed by atoms with Gasteiger partial charge in [0.05, 0.1) is 30.3 Å². The second kappa shape index (κ2) is 4.87. The number of benzene rings is 1. The Morgan fingerprint density at radius 3 is 2.67 bits per heavy atom. The van der Waals surface area contributed by atoms with Gasteiger partial charge in [0.25, 0.3) is 0 Å². The van der Waals surface area contributed by atoms with E-state index in [4.69, 9.17) is 16.7 Å². The Morgan fingerprint density at radius 1 is 1.50 bits per heavy atom. The van der Waals surface area contributed by atoms with Crippen molar-refractivity contribution in [1.29, 1.82) is 0 Å². The molecule has 7 heteroatoms. The van der Waals surface area contributed by atoms with Crippen LogP contribution < -0.4 is 4.90 Å². The first kappa shape index (κ1) is 13.3. The molecule has 1 heterocycles. The second-order valence-corrected chi connectivity index (χ2v) is 5.24. The van der Waals surface area contributed by atoms with E-state index >= 15 is 0 Å². The molecule has 0 spiro atoms. The van der Waals surface area contributed by atoms with Gasteiger partial charge in [-0.2, -0.15) is 0 Å². The third kappa shape index (κ3) is 2.36. The summed E-state index contributed by atoms with van der Waals surface area (Å²) in [5.74, 6) is -1.49. The fourth-order valence-electron chi connectivity index (χ4n) is 1.91. The van der Waals surface area contributed by atoms with Crippen LogP contribution in [0.5, 0.6) is 0 Å². The SMILES string of the molecule is O=C(O)c1cc(Cl)cc(Br)c1N1CC(O)CC1=O. The van der Waals surface area contributed by atoms with Gasteiger partial charge in [-0.05, 0) is 28.1 Å². The number of nitrogens with zero attached hydrogens (tertiary/aromatic N) is 1. The third-order valence-electron chi connectivity index (χ3n) is 2.63. The fraction of sp³-hybridized carbons (Fsp3) is 0.273. The quantitative estimate of drug-likeness (QED) is 0.866. The van der Waals surface area contributed by atoms with Gasteiger partial charge in [-0.25, -0.2) is 4.79 Å². The number of rotatable bonds is 2. The predicted molar refractivity (Wildman–Crippen MR) is 69.1 cm³/mol. The van der Waals surface area contributed by atoms with Gasteiger partial charge in [0.2, 0.25) is 5.91 Å². The molecule has 1 amide bonds. The van der Waals surface area contributed by atoms with Crippen LogP contribution in [0.15, 0.2) is 16.6 Å². The normalized spacial score (nSPS) is 19.4. The molecule has 96 valence electrons. The highest BCUT2D eigenvalue weighted by Crippen LogP contribution is 2.35. The first-order valence-corrected chi connectivity index (χ1v) is 6.28. The lowest BCUT2D eigenvalue weighted by atomic mass is 10.1. The van der Waals surface area contributed by atoms with Gasteiger partial charge in [-0.15, -0.1) is 0 Å². The van der Waals surface area contributed by atoms with E-state index in [1.807, 2.05) is 0 Å². The number of carbonyl (C=O) groups excluding carboxylic acids is 1. The number of anilines is 1. The van der Waals surface area contributed by atoms with Crippen LogP contribution in [0.3, 0.4) is 0 Å². The first-order chi connectivity index (χ1) is 8.40. The molecule has 1 aliphatic heterocycles. The van der Waals surface area contributed by atoms with E-state index in [1.54, 1.807) is 0 Å². The summed E-state index contributed by atoms with van der Waals surface area (Å²) in [4.78, 5) is 24.2. The number of halogens is 2. The molecule has 2 N–H and O–H groups in total. The monoisotopic (exact) mass is 333 g/mol. The zero-order chi connectivity index (χ0) is 13.4. The molecule has 5 nitrogen and oxygen atoms in total. The van der Waals surface area contributed by atoms with Gasteiger partial charge >= 0.3 is 5.97 Å². The number of β-amino-alcohol motifs (C(OH)–C–C–N with tert-alkyl or cyclic N) is 1. The summed E-state index contributed by atoms with van der Waals surface area (Å²) in [5, 5.41) is 18.9. The summed E-state index contributed by atoms with van der Waals surface area (Å²) in [6.07, 6.45) is -0.782. The number of carboxylic acid groups (broad SMARTS) is 1. The lowest BCUT2D eigenvalue weighted by Crippen LogP contribution is -2.27. The molecule has 1 atom stereocenters. The molecule has 1 fully saturated rings. The highest BCUT2D eigenvalue weighted by atomic mass is 79.9. The Bertz CT molecular complexity index is 534. The minimum Gasteiger partial charge on any atom is -0.478 e. The summed E-state index contributed by atoms with van der Waals surface area (Å²) >= 11 is 8.99. The first-order valence-electron chi connectivity index (χ1n) is 5.11. The zero-order valence-electron chi connectivity index (χ0n) is 9.06. The maximum atomic E-state index is 11.7. The smallest absolute Gasteiger partial charge is 0.337 e. The molecule has 1 aliphatic rings. The lowest BCUT2D eigenvalue weighted by molar-refractivity contribution is -0.117. The molecular weight excluding hydrogens is 325 g/mol. The van der Waals surface area contributed by atoms with Crippen molar-refractivity contribution >= 4 is 45.1 Å².